The van der Waals surface area contributed by atoms with Crippen molar-refractivity contribution >= 4 is 29.3 Å². The van der Waals surface area contributed by atoms with Crippen molar-refractivity contribution in [2.45, 2.75) is 52.6 Å². The van der Waals surface area contributed by atoms with E-state index in [1.807, 2.05) is 0 Å². The topological polar surface area (TPSA) is 143 Å². The number of nitro benzene ring substituents is 1. The molecule has 1 aromatic carbocycles. The van der Waals surface area contributed by atoms with Gasteiger partial charge in [-0.15, -0.1) is 0 Å². The molecule has 11 nitrogen and oxygen atoms in total. The summed E-state index contributed by atoms with van der Waals surface area (Å²) in [5, 5.41) is 19.1. The number of carbonyl (C=O) groups is 3. The van der Waals surface area contributed by atoms with Gasteiger partial charge in [-0.1, -0.05) is 0 Å². The second-order valence-corrected chi connectivity index (χ2v) is 9.41. The van der Waals surface area contributed by atoms with E-state index in [9.17, 15) is 24.5 Å². The highest BCUT2D eigenvalue weighted by Gasteiger charge is 2.26. The van der Waals surface area contributed by atoms with Crippen LogP contribution in [0.15, 0.2) is 18.2 Å². The molecule has 3 amide bonds. The second kappa shape index (κ2) is 12.3. The fourth-order valence-corrected chi connectivity index (χ4v) is 3.66. The monoisotopic (exact) mass is 477 g/mol. The smallest absolute Gasteiger partial charge is 0.407 e. The Morgan fingerprint density at radius 1 is 1.21 bits per heavy atom. The van der Waals surface area contributed by atoms with Gasteiger partial charge in [0.1, 0.15) is 5.60 Å². The number of aryl methyl sites for hydroxylation is 1. The summed E-state index contributed by atoms with van der Waals surface area (Å²) in [7, 11) is 0. The molecule has 1 saturated heterocycles. The summed E-state index contributed by atoms with van der Waals surface area (Å²) < 4.78 is 5.15. The maximum Gasteiger partial charge on any atom is 0.407 e. The van der Waals surface area contributed by atoms with Crippen LogP contribution >= 0.6 is 0 Å². The van der Waals surface area contributed by atoms with Crippen LogP contribution in [0.4, 0.5) is 16.2 Å². The van der Waals surface area contributed by atoms with Crippen molar-refractivity contribution in [1.29, 1.82) is 0 Å². The van der Waals surface area contributed by atoms with E-state index < -0.39 is 16.6 Å². The summed E-state index contributed by atoms with van der Waals surface area (Å²) in [5.74, 6) is -0.423. The zero-order valence-electron chi connectivity index (χ0n) is 20.3. The largest absolute Gasteiger partial charge is 0.444 e. The molecule has 1 aliphatic heterocycles. The molecule has 1 aliphatic rings. The fourth-order valence-electron chi connectivity index (χ4n) is 3.66. The lowest BCUT2D eigenvalue weighted by molar-refractivity contribution is -0.384. The van der Waals surface area contributed by atoms with Crippen LogP contribution in [0, 0.1) is 23.0 Å². The number of hydrogen-bond acceptors (Lipinski definition) is 7. The lowest BCUT2D eigenvalue weighted by atomic mass is 9.97. The molecule has 2 rings (SSSR count). The van der Waals surface area contributed by atoms with E-state index in [1.54, 1.807) is 27.7 Å². The number of likely N-dealkylation sites (tertiary alicyclic amines) is 1. The van der Waals surface area contributed by atoms with Crippen molar-refractivity contribution < 1.29 is 24.0 Å². The van der Waals surface area contributed by atoms with E-state index in [4.69, 9.17) is 4.74 Å². The molecular formula is C23H35N5O6. The van der Waals surface area contributed by atoms with Crippen LogP contribution in [-0.2, 0) is 14.3 Å². The molecule has 0 saturated carbocycles. The van der Waals surface area contributed by atoms with E-state index in [0.717, 1.165) is 19.4 Å². The number of hydrogen-bond donors (Lipinski definition) is 3. The lowest BCUT2D eigenvalue weighted by Crippen LogP contribution is -2.45. The molecule has 1 unspecified atom stereocenters. The van der Waals surface area contributed by atoms with Gasteiger partial charge in [0.05, 0.1) is 10.8 Å². The Hall–Kier alpha value is -3.21. The number of non-ortho nitro benzene ring substituents is 1. The summed E-state index contributed by atoms with van der Waals surface area (Å²) in [5.41, 5.74) is 0.579. The van der Waals surface area contributed by atoms with Crippen LogP contribution in [0.25, 0.3) is 0 Å². The van der Waals surface area contributed by atoms with Gasteiger partial charge < -0.3 is 25.6 Å². The third kappa shape index (κ3) is 9.34. The van der Waals surface area contributed by atoms with Crippen LogP contribution in [0.1, 0.15) is 45.6 Å². The number of ether oxygens (including phenoxy) is 1. The number of piperidine rings is 1. The summed E-state index contributed by atoms with van der Waals surface area (Å²) in [6, 6.07) is 4.32. The Kier molecular flexibility index (Phi) is 9.79. The molecule has 0 spiro atoms. The van der Waals surface area contributed by atoms with Crippen molar-refractivity contribution in [3.05, 3.63) is 33.9 Å². The molecule has 188 valence electrons. The Morgan fingerprint density at radius 3 is 2.56 bits per heavy atom. The van der Waals surface area contributed by atoms with Gasteiger partial charge in [0.15, 0.2) is 0 Å². The standard InChI is InChI=1S/C23H35N5O6/c1-16-14-18(28(32)33)7-8-19(16)26-20(29)9-13-27-12-5-6-17(15-27)21(30)24-10-11-25-22(31)34-23(2,3)4/h7-8,14,17H,5-6,9-13,15H2,1-4H3,(H,24,30)(H,25,31)(H,26,29). The Labute approximate surface area is 199 Å². The second-order valence-electron chi connectivity index (χ2n) is 9.41. The normalized spacial score (nSPS) is 16.4. The first kappa shape index (κ1) is 27.0. The number of nitrogens with one attached hydrogen (secondary N) is 3. The Morgan fingerprint density at radius 2 is 1.91 bits per heavy atom. The zero-order valence-corrected chi connectivity index (χ0v) is 20.3. The summed E-state index contributed by atoms with van der Waals surface area (Å²) in [6.07, 6.45) is 1.37. The number of benzene rings is 1. The first-order valence-corrected chi connectivity index (χ1v) is 11.5. The predicted molar refractivity (Wildman–Crippen MR) is 127 cm³/mol. The van der Waals surface area contributed by atoms with Crippen LogP contribution in [0.3, 0.4) is 0 Å². The molecule has 0 aliphatic carbocycles. The minimum absolute atomic E-state index is 0.0197. The molecule has 3 N–H and O–H groups in total. The molecule has 1 aromatic rings. The molecule has 0 radical (unpaired) electrons. The van der Waals surface area contributed by atoms with Crippen molar-refractivity contribution in [3.8, 4) is 0 Å². The van der Waals surface area contributed by atoms with E-state index >= 15 is 0 Å². The highest BCUT2D eigenvalue weighted by Crippen LogP contribution is 2.22. The predicted octanol–water partition coefficient (Wildman–Crippen LogP) is 2.58. The van der Waals surface area contributed by atoms with Gasteiger partial charge in [-0.05, 0) is 58.7 Å². The lowest BCUT2D eigenvalue weighted by Gasteiger charge is -2.31. The van der Waals surface area contributed by atoms with Crippen molar-refractivity contribution in [3.63, 3.8) is 0 Å². The fraction of sp³-hybridized carbons (Fsp3) is 0.609. The van der Waals surface area contributed by atoms with E-state index in [1.165, 1.54) is 18.2 Å². The molecule has 34 heavy (non-hydrogen) atoms. The van der Waals surface area contributed by atoms with E-state index in [0.29, 0.717) is 30.9 Å². The summed E-state index contributed by atoms with van der Waals surface area (Å²) in [6.45, 7) is 9.53. The van der Waals surface area contributed by atoms with Crippen LogP contribution in [0.5, 0.6) is 0 Å². The third-order valence-corrected chi connectivity index (χ3v) is 5.32. The molecular weight excluding hydrogens is 442 g/mol. The van der Waals surface area contributed by atoms with E-state index in [-0.39, 0.29) is 36.4 Å². The van der Waals surface area contributed by atoms with Gasteiger partial charge in [0.25, 0.3) is 5.69 Å². The number of anilines is 1. The third-order valence-electron chi connectivity index (χ3n) is 5.32. The summed E-state index contributed by atoms with van der Waals surface area (Å²) in [4.78, 5) is 49.0. The van der Waals surface area contributed by atoms with Gasteiger partial charge in [-0.25, -0.2) is 4.79 Å². The van der Waals surface area contributed by atoms with Crippen LogP contribution < -0.4 is 16.0 Å². The van der Waals surface area contributed by atoms with Gasteiger partial charge in [-0.3, -0.25) is 19.7 Å². The minimum Gasteiger partial charge on any atom is -0.444 e. The number of nitro groups is 1. The molecule has 1 fully saturated rings. The molecule has 0 aromatic heterocycles. The van der Waals surface area contributed by atoms with Crippen LogP contribution in [-0.4, -0.2) is 66.1 Å². The molecule has 0 bridgehead atoms. The van der Waals surface area contributed by atoms with Crippen molar-refractivity contribution in [2.24, 2.45) is 5.92 Å². The average molecular weight is 478 g/mol. The number of alkyl carbamates (subject to hydrolysis) is 1. The maximum atomic E-state index is 12.5. The first-order valence-electron chi connectivity index (χ1n) is 11.5. The SMILES string of the molecule is Cc1cc([N+](=O)[O-])ccc1NC(=O)CCN1CCCC(C(=O)NCCNC(=O)OC(C)(C)C)C1. The van der Waals surface area contributed by atoms with Gasteiger partial charge >= 0.3 is 6.09 Å². The number of amides is 3. The number of carbonyl (C=O) groups excluding carboxylic acids is 3. The molecule has 1 atom stereocenters. The van der Waals surface area contributed by atoms with Crippen LogP contribution in [0.2, 0.25) is 0 Å². The Bertz CT molecular complexity index is 898. The molecule has 11 heteroatoms. The average Bonchev–Trinajstić information content (AvgIpc) is 2.75. The number of nitrogens with zero attached hydrogens (tertiary/aromatic N) is 2. The van der Waals surface area contributed by atoms with E-state index in [2.05, 4.69) is 20.9 Å². The zero-order chi connectivity index (χ0) is 25.3. The quantitative estimate of drug-likeness (QED) is 0.282. The highest BCUT2D eigenvalue weighted by atomic mass is 16.6. The van der Waals surface area contributed by atoms with Crippen molar-refractivity contribution in [2.75, 3.05) is 38.0 Å². The summed E-state index contributed by atoms with van der Waals surface area (Å²) >= 11 is 0. The molecule has 1 heterocycles. The highest BCUT2D eigenvalue weighted by molar-refractivity contribution is 5.91. The Balaban J connectivity index is 1.71. The van der Waals surface area contributed by atoms with Gasteiger partial charge in [0.2, 0.25) is 11.8 Å². The van der Waals surface area contributed by atoms with Gasteiger partial charge in [0, 0.05) is 50.4 Å². The van der Waals surface area contributed by atoms with Gasteiger partial charge in [-0.2, -0.15) is 0 Å². The van der Waals surface area contributed by atoms with Crippen molar-refractivity contribution in [1.82, 2.24) is 15.5 Å². The first-order chi connectivity index (χ1) is 15.9. The number of rotatable bonds is 9. The minimum atomic E-state index is -0.573. The maximum absolute atomic E-state index is 12.5.